The van der Waals surface area contributed by atoms with Crippen molar-refractivity contribution in [2.75, 3.05) is 0 Å². The zero-order valence-corrected chi connectivity index (χ0v) is 10.3. The summed E-state index contributed by atoms with van der Waals surface area (Å²) in [6, 6.07) is 8.70. The smallest absolute Gasteiger partial charge is 0.0597 e. The number of fused-ring (bicyclic) bond motifs is 3. The summed E-state index contributed by atoms with van der Waals surface area (Å²) in [6.07, 6.45) is 10.7. The van der Waals surface area contributed by atoms with E-state index in [1.165, 1.54) is 16.7 Å². The molecule has 0 radical (unpaired) electrons. The molecular formula is C16H17N. The van der Waals surface area contributed by atoms with Crippen molar-refractivity contribution >= 4 is 5.57 Å². The van der Waals surface area contributed by atoms with Crippen molar-refractivity contribution in [3.63, 3.8) is 0 Å². The lowest BCUT2D eigenvalue weighted by molar-refractivity contribution is 0.419. The lowest BCUT2D eigenvalue weighted by Gasteiger charge is -2.39. The van der Waals surface area contributed by atoms with E-state index in [1.807, 2.05) is 6.20 Å². The molecule has 17 heavy (non-hydrogen) atoms. The molecule has 86 valence electrons. The number of rotatable bonds is 0. The highest BCUT2D eigenvalue weighted by atomic mass is 14.9. The molecule has 1 heteroatoms. The highest BCUT2D eigenvalue weighted by Gasteiger charge is 2.34. The van der Waals surface area contributed by atoms with E-state index < -0.39 is 0 Å². The van der Waals surface area contributed by atoms with Gasteiger partial charge in [-0.3, -0.25) is 0 Å². The quantitative estimate of drug-likeness (QED) is 0.708. The minimum atomic E-state index is 0.00491. The van der Waals surface area contributed by atoms with Gasteiger partial charge in [-0.25, -0.2) is 0 Å². The van der Waals surface area contributed by atoms with Crippen LogP contribution in [0.1, 0.15) is 30.9 Å². The first-order valence-electron chi connectivity index (χ1n) is 6.14. The Labute approximate surface area is 103 Å². The summed E-state index contributed by atoms with van der Waals surface area (Å²) < 4.78 is 0. The number of hydrogen-bond donors (Lipinski definition) is 1. The van der Waals surface area contributed by atoms with Gasteiger partial charge >= 0.3 is 0 Å². The lowest BCUT2D eigenvalue weighted by Crippen LogP contribution is -2.44. The lowest BCUT2D eigenvalue weighted by atomic mass is 9.72. The Morgan fingerprint density at radius 1 is 1.18 bits per heavy atom. The molecule has 2 atom stereocenters. The van der Waals surface area contributed by atoms with Crippen LogP contribution >= 0.6 is 0 Å². The molecule has 0 amide bonds. The summed E-state index contributed by atoms with van der Waals surface area (Å²) in [5.74, 6) is 0.471. The largest absolute Gasteiger partial charge is 0.382 e. The van der Waals surface area contributed by atoms with Gasteiger partial charge in [-0.15, -0.1) is 0 Å². The molecule has 1 N–H and O–H groups in total. The second-order valence-electron chi connectivity index (χ2n) is 5.05. The van der Waals surface area contributed by atoms with Crippen molar-refractivity contribution in [2.45, 2.75) is 25.3 Å². The van der Waals surface area contributed by atoms with Crippen LogP contribution in [0.4, 0.5) is 0 Å². The Bertz CT molecular complexity index is 536. The first kappa shape index (κ1) is 10.4. The molecule has 0 aromatic heterocycles. The van der Waals surface area contributed by atoms with Crippen LogP contribution < -0.4 is 5.32 Å². The molecule has 0 saturated carbocycles. The van der Waals surface area contributed by atoms with Crippen molar-refractivity contribution in [1.29, 1.82) is 0 Å². The van der Waals surface area contributed by atoms with E-state index >= 15 is 0 Å². The van der Waals surface area contributed by atoms with Gasteiger partial charge in [0.05, 0.1) is 5.54 Å². The molecule has 1 aromatic carbocycles. The van der Waals surface area contributed by atoms with E-state index in [2.05, 4.69) is 67.7 Å². The van der Waals surface area contributed by atoms with Crippen molar-refractivity contribution in [1.82, 2.24) is 5.32 Å². The summed E-state index contributed by atoms with van der Waals surface area (Å²) >= 11 is 0. The van der Waals surface area contributed by atoms with Gasteiger partial charge in [0, 0.05) is 5.92 Å². The zero-order chi connectivity index (χ0) is 11.9. The summed E-state index contributed by atoms with van der Waals surface area (Å²) in [5.41, 5.74) is 4.12. The number of allylic oxidation sites excluding steroid dienone is 4. The van der Waals surface area contributed by atoms with Crippen LogP contribution in [0.15, 0.2) is 54.8 Å². The van der Waals surface area contributed by atoms with Crippen molar-refractivity contribution in [2.24, 2.45) is 0 Å². The second kappa shape index (κ2) is 3.63. The van der Waals surface area contributed by atoms with Gasteiger partial charge in [-0.2, -0.15) is 0 Å². The Kier molecular flexibility index (Phi) is 2.22. The monoisotopic (exact) mass is 223 g/mol. The topological polar surface area (TPSA) is 12.0 Å². The summed E-state index contributed by atoms with van der Waals surface area (Å²) in [4.78, 5) is 0. The van der Waals surface area contributed by atoms with Crippen molar-refractivity contribution in [3.8, 4) is 0 Å². The third kappa shape index (κ3) is 1.54. The Balaban J connectivity index is 2.25. The highest BCUT2D eigenvalue weighted by molar-refractivity contribution is 5.80. The van der Waals surface area contributed by atoms with Gasteiger partial charge in [0.1, 0.15) is 0 Å². The molecule has 1 aliphatic carbocycles. The molecule has 2 bridgehead atoms. The average molecular weight is 223 g/mol. The van der Waals surface area contributed by atoms with E-state index in [0.29, 0.717) is 5.92 Å². The van der Waals surface area contributed by atoms with Crippen LogP contribution in [-0.2, 0) is 0 Å². The molecule has 2 aliphatic rings. The van der Waals surface area contributed by atoms with E-state index in [1.54, 1.807) is 0 Å². The standard InChI is InChI=1S/C16H17N/c1-12-14-8-3-4-9-15(14)13-7-5-6-10-17-16(12,2)11-13/h3-12,17H,1-2H3/b7-5-,10-6-. The van der Waals surface area contributed by atoms with Crippen LogP contribution in [0.25, 0.3) is 5.57 Å². The fraction of sp³-hybridized carbons (Fsp3) is 0.250. The third-order valence-corrected chi connectivity index (χ3v) is 3.97. The number of hydrogen-bond acceptors (Lipinski definition) is 1. The van der Waals surface area contributed by atoms with Crippen LogP contribution in [0.2, 0.25) is 0 Å². The molecular weight excluding hydrogens is 206 g/mol. The first-order chi connectivity index (χ1) is 8.21. The summed E-state index contributed by atoms with van der Waals surface area (Å²) in [6.45, 7) is 4.55. The fourth-order valence-electron chi connectivity index (χ4n) is 2.73. The third-order valence-electron chi connectivity index (χ3n) is 3.97. The fourth-order valence-corrected chi connectivity index (χ4v) is 2.73. The van der Waals surface area contributed by atoms with Crippen molar-refractivity contribution in [3.05, 3.63) is 65.9 Å². The van der Waals surface area contributed by atoms with Gasteiger partial charge < -0.3 is 5.32 Å². The predicted molar refractivity (Wildman–Crippen MR) is 72.7 cm³/mol. The normalized spacial score (nSPS) is 33.5. The second-order valence-corrected chi connectivity index (χ2v) is 5.05. The van der Waals surface area contributed by atoms with Gasteiger partial charge in [0.15, 0.2) is 0 Å². The Hall–Kier alpha value is -1.76. The molecule has 1 nitrogen and oxygen atoms in total. The maximum Gasteiger partial charge on any atom is 0.0597 e. The van der Waals surface area contributed by atoms with E-state index in [-0.39, 0.29) is 5.54 Å². The minimum absolute atomic E-state index is 0.00491. The zero-order valence-electron chi connectivity index (χ0n) is 10.3. The maximum absolute atomic E-state index is 3.51. The van der Waals surface area contributed by atoms with Gasteiger partial charge in [-0.05, 0) is 35.9 Å². The van der Waals surface area contributed by atoms with Gasteiger partial charge in [0.2, 0.25) is 0 Å². The van der Waals surface area contributed by atoms with E-state index in [4.69, 9.17) is 0 Å². The molecule has 0 saturated heterocycles. The summed E-state index contributed by atoms with van der Waals surface area (Å²) in [7, 11) is 0. The SMILES string of the molecule is CC1c2ccccc2C2=CC1(C)N/C=C\C=C/2. The van der Waals surface area contributed by atoms with Crippen molar-refractivity contribution < 1.29 is 0 Å². The molecule has 3 rings (SSSR count). The van der Waals surface area contributed by atoms with Crippen LogP contribution in [0.3, 0.4) is 0 Å². The average Bonchev–Trinajstić information content (AvgIpc) is 2.32. The number of benzene rings is 1. The van der Waals surface area contributed by atoms with E-state index in [0.717, 1.165) is 0 Å². The highest BCUT2D eigenvalue weighted by Crippen LogP contribution is 2.41. The first-order valence-corrected chi connectivity index (χ1v) is 6.14. The van der Waals surface area contributed by atoms with Crippen LogP contribution in [0, 0.1) is 0 Å². The molecule has 0 fully saturated rings. The van der Waals surface area contributed by atoms with E-state index in [9.17, 15) is 0 Å². The molecule has 2 unspecified atom stereocenters. The minimum Gasteiger partial charge on any atom is -0.382 e. The molecule has 1 aliphatic heterocycles. The van der Waals surface area contributed by atoms with Crippen LogP contribution in [0.5, 0.6) is 0 Å². The molecule has 1 heterocycles. The number of nitrogens with one attached hydrogen (secondary N) is 1. The maximum atomic E-state index is 3.51. The summed E-state index contributed by atoms with van der Waals surface area (Å²) in [5, 5.41) is 3.51. The Morgan fingerprint density at radius 3 is 2.88 bits per heavy atom. The molecule has 0 spiro atoms. The van der Waals surface area contributed by atoms with Gasteiger partial charge in [0.25, 0.3) is 0 Å². The predicted octanol–water partition coefficient (Wildman–Crippen LogP) is 3.62. The van der Waals surface area contributed by atoms with Gasteiger partial charge in [-0.1, -0.05) is 49.4 Å². The Morgan fingerprint density at radius 2 is 2.00 bits per heavy atom. The van der Waals surface area contributed by atoms with Crippen LogP contribution in [-0.4, -0.2) is 5.54 Å². The molecule has 1 aromatic rings.